The second-order valence-corrected chi connectivity index (χ2v) is 16.0. The Hall–Kier alpha value is -3.15. The van der Waals surface area contributed by atoms with Gasteiger partial charge in [0.2, 0.25) is 0 Å². The number of allylic oxidation sites excluding steroid dienone is 12. The predicted octanol–water partition coefficient (Wildman–Crippen LogP) is 15.9. The zero-order chi connectivity index (χ0) is 43.0. The zero-order valence-electron chi connectivity index (χ0n) is 38.5. The highest BCUT2D eigenvalue weighted by atomic mass is 16.6. The van der Waals surface area contributed by atoms with E-state index in [0.29, 0.717) is 19.3 Å². The van der Waals surface area contributed by atoms with Crippen LogP contribution in [0.5, 0.6) is 0 Å². The molecule has 0 aliphatic heterocycles. The highest BCUT2D eigenvalue weighted by molar-refractivity contribution is 5.71. The van der Waals surface area contributed by atoms with Gasteiger partial charge in [-0.15, -0.1) is 0 Å². The van der Waals surface area contributed by atoms with Crippen molar-refractivity contribution in [3.63, 3.8) is 0 Å². The van der Waals surface area contributed by atoms with Crippen molar-refractivity contribution in [2.24, 2.45) is 0 Å². The van der Waals surface area contributed by atoms with Crippen molar-refractivity contribution in [2.45, 2.75) is 232 Å². The lowest BCUT2D eigenvalue weighted by Crippen LogP contribution is -2.30. The fourth-order valence-electron chi connectivity index (χ4n) is 6.52. The number of hydrogen-bond donors (Lipinski definition) is 0. The van der Waals surface area contributed by atoms with Gasteiger partial charge in [-0.25, -0.2) is 0 Å². The zero-order valence-corrected chi connectivity index (χ0v) is 38.5. The fourth-order valence-corrected chi connectivity index (χ4v) is 6.52. The van der Waals surface area contributed by atoms with Crippen molar-refractivity contribution >= 4 is 17.9 Å². The third-order valence-corrected chi connectivity index (χ3v) is 10.2. The van der Waals surface area contributed by atoms with Crippen LogP contribution in [-0.4, -0.2) is 37.2 Å². The van der Waals surface area contributed by atoms with Crippen molar-refractivity contribution < 1.29 is 28.6 Å². The summed E-state index contributed by atoms with van der Waals surface area (Å²) in [6.45, 7) is 6.44. The molecule has 0 rings (SSSR count). The van der Waals surface area contributed by atoms with Gasteiger partial charge in [0.25, 0.3) is 0 Å². The van der Waals surface area contributed by atoms with Crippen LogP contribution in [0.3, 0.4) is 0 Å². The monoisotopic (exact) mass is 823 g/mol. The van der Waals surface area contributed by atoms with Gasteiger partial charge in [-0.3, -0.25) is 14.4 Å². The summed E-state index contributed by atoms with van der Waals surface area (Å²) >= 11 is 0. The molecule has 1 unspecified atom stereocenters. The number of ether oxygens (including phenoxy) is 3. The first-order valence-corrected chi connectivity index (χ1v) is 24.4. The van der Waals surface area contributed by atoms with Crippen molar-refractivity contribution in [2.75, 3.05) is 13.2 Å². The Morgan fingerprint density at radius 1 is 0.356 bits per heavy atom. The molecule has 0 aromatic carbocycles. The van der Waals surface area contributed by atoms with Crippen LogP contribution < -0.4 is 0 Å². The van der Waals surface area contributed by atoms with Crippen molar-refractivity contribution in [1.29, 1.82) is 0 Å². The van der Waals surface area contributed by atoms with E-state index in [9.17, 15) is 14.4 Å². The van der Waals surface area contributed by atoms with Gasteiger partial charge in [-0.1, -0.05) is 190 Å². The van der Waals surface area contributed by atoms with E-state index in [1.165, 1.54) is 77.0 Å². The van der Waals surface area contributed by atoms with E-state index in [2.05, 4.69) is 93.7 Å². The van der Waals surface area contributed by atoms with Crippen LogP contribution in [0.15, 0.2) is 72.9 Å². The molecule has 1 atom stereocenters. The van der Waals surface area contributed by atoms with Crippen molar-refractivity contribution in [3.8, 4) is 0 Å². The Morgan fingerprint density at radius 2 is 0.661 bits per heavy atom. The average molecular weight is 823 g/mol. The van der Waals surface area contributed by atoms with Crippen LogP contribution >= 0.6 is 0 Å². The lowest BCUT2D eigenvalue weighted by molar-refractivity contribution is -0.167. The first-order chi connectivity index (χ1) is 29.0. The number of hydrogen-bond acceptors (Lipinski definition) is 6. The van der Waals surface area contributed by atoms with Crippen LogP contribution in [-0.2, 0) is 28.6 Å². The molecule has 6 heteroatoms. The fraction of sp³-hybridized carbons (Fsp3) is 0.717. The largest absolute Gasteiger partial charge is 0.462 e. The molecule has 0 N–H and O–H groups in total. The second kappa shape index (κ2) is 47.5. The first kappa shape index (κ1) is 55.9. The summed E-state index contributed by atoms with van der Waals surface area (Å²) in [6, 6.07) is 0. The Balaban J connectivity index is 4.46. The van der Waals surface area contributed by atoms with E-state index < -0.39 is 6.10 Å². The molecule has 0 aromatic rings. The van der Waals surface area contributed by atoms with Gasteiger partial charge in [0.15, 0.2) is 6.10 Å². The molecule has 0 saturated heterocycles. The van der Waals surface area contributed by atoms with Crippen LogP contribution in [0.4, 0.5) is 0 Å². The highest BCUT2D eigenvalue weighted by Gasteiger charge is 2.19. The summed E-state index contributed by atoms with van der Waals surface area (Å²) < 4.78 is 16.7. The molecular weight excluding hydrogens is 733 g/mol. The minimum atomic E-state index is -0.799. The Kier molecular flexibility index (Phi) is 45.0. The maximum atomic E-state index is 12.7. The summed E-state index contributed by atoms with van der Waals surface area (Å²) in [5.74, 6) is -0.955. The molecule has 0 aliphatic carbocycles. The number of rotatable bonds is 43. The lowest BCUT2D eigenvalue weighted by Gasteiger charge is -2.18. The van der Waals surface area contributed by atoms with Gasteiger partial charge in [0.05, 0.1) is 0 Å². The maximum absolute atomic E-state index is 12.7. The van der Waals surface area contributed by atoms with Crippen molar-refractivity contribution in [1.82, 2.24) is 0 Å². The molecule has 0 bridgehead atoms. The molecule has 0 radical (unpaired) electrons. The molecule has 0 aliphatic rings. The molecule has 0 saturated carbocycles. The molecule has 0 amide bonds. The number of carbonyl (C=O) groups excluding carboxylic acids is 3. The normalized spacial score (nSPS) is 12.7. The Labute approximate surface area is 363 Å². The molecule has 0 aromatic heterocycles. The van der Waals surface area contributed by atoms with Crippen LogP contribution in [0.2, 0.25) is 0 Å². The minimum absolute atomic E-state index is 0.0959. The second-order valence-electron chi connectivity index (χ2n) is 16.0. The predicted molar refractivity (Wildman–Crippen MR) is 251 cm³/mol. The molecule has 59 heavy (non-hydrogen) atoms. The quantitative estimate of drug-likeness (QED) is 0.0264. The molecular formula is C53H90O6. The minimum Gasteiger partial charge on any atom is -0.462 e. The van der Waals surface area contributed by atoms with Crippen LogP contribution in [0.1, 0.15) is 226 Å². The van der Waals surface area contributed by atoms with E-state index in [1.807, 2.05) is 0 Å². The summed E-state index contributed by atoms with van der Waals surface area (Å²) in [7, 11) is 0. The third kappa shape index (κ3) is 45.8. The summed E-state index contributed by atoms with van der Waals surface area (Å²) in [5, 5.41) is 0. The average Bonchev–Trinajstić information content (AvgIpc) is 3.23. The topological polar surface area (TPSA) is 78.9 Å². The first-order valence-electron chi connectivity index (χ1n) is 24.4. The summed E-state index contributed by atoms with van der Waals surface area (Å²) in [4.78, 5) is 37.8. The number of carbonyl (C=O) groups is 3. The number of esters is 3. The Morgan fingerprint density at radius 3 is 1.08 bits per heavy atom. The SMILES string of the molecule is CC/C=C\C/C=C\C/C=C\C/C=C\CCCCC(=O)OC(COC(=O)CCCCCCC/C=C\C/C=C\CCCCCC)COC(=O)CCCCCCCCCCCC. The molecule has 0 spiro atoms. The number of unbranched alkanes of at least 4 members (excludes halogenated alkanes) is 20. The van der Waals surface area contributed by atoms with E-state index in [1.54, 1.807) is 0 Å². The van der Waals surface area contributed by atoms with E-state index in [-0.39, 0.29) is 37.5 Å². The van der Waals surface area contributed by atoms with E-state index in [0.717, 1.165) is 103 Å². The maximum Gasteiger partial charge on any atom is 0.306 e. The summed E-state index contributed by atoms with van der Waals surface area (Å²) in [6.07, 6.45) is 58.8. The standard InChI is InChI=1S/C53H90O6/c1-4-7-10-13-16-19-22-24-26-28-29-31-34-37-40-43-46-52(55)58-49-50(48-57-51(54)45-42-39-36-33-21-18-15-12-9-6-3)59-53(56)47-44-41-38-35-32-30-27-25-23-20-17-14-11-8-5-2/h8,11,17,19-20,22,25-28,32,35,50H,4-7,9-10,12-16,18,21,23-24,29-31,33-34,36-49H2,1-3H3/b11-8-,20-17-,22-19-,27-25-,28-26-,35-32-. The lowest BCUT2D eigenvalue weighted by atomic mass is 10.1. The van der Waals surface area contributed by atoms with E-state index in [4.69, 9.17) is 14.2 Å². The molecule has 0 fully saturated rings. The Bertz CT molecular complexity index is 1130. The van der Waals surface area contributed by atoms with Gasteiger partial charge in [0, 0.05) is 19.3 Å². The van der Waals surface area contributed by atoms with Gasteiger partial charge < -0.3 is 14.2 Å². The molecule has 0 heterocycles. The van der Waals surface area contributed by atoms with Crippen molar-refractivity contribution in [3.05, 3.63) is 72.9 Å². The smallest absolute Gasteiger partial charge is 0.306 e. The van der Waals surface area contributed by atoms with Gasteiger partial charge in [0.1, 0.15) is 13.2 Å². The molecule has 338 valence electrons. The van der Waals surface area contributed by atoms with Gasteiger partial charge in [-0.2, -0.15) is 0 Å². The van der Waals surface area contributed by atoms with Gasteiger partial charge >= 0.3 is 17.9 Å². The van der Waals surface area contributed by atoms with E-state index >= 15 is 0 Å². The van der Waals surface area contributed by atoms with Crippen LogP contribution in [0.25, 0.3) is 0 Å². The van der Waals surface area contributed by atoms with Crippen LogP contribution in [0, 0.1) is 0 Å². The summed E-state index contributed by atoms with van der Waals surface area (Å²) in [5.41, 5.74) is 0. The molecule has 6 nitrogen and oxygen atoms in total. The third-order valence-electron chi connectivity index (χ3n) is 10.2. The highest BCUT2D eigenvalue weighted by Crippen LogP contribution is 2.13. The van der Waals surface area contributed by atoms with Gasteiger partial charge in [-0.05, 0) is 89.9 Å².